The molecule has 98 valence electrons. The maximum Gasteiger partial charge on any atom is 0.137 e. The highest BCUT2D eigenvalue weighted by Gasteiger charge is 1.95. The van der Waals surface area contributed by atoms with Gasteiger partial charge in [0.05, 0.1) is 0 Å². The van der Waals surface area contributed by atoms with Crippen LogP contribution >= 0.6 is 0 Å². The van der Waals surface area contributed by atoms with Crippen LogP contribution in [-0.4, -0.2) is 18.9 Å². The van der Waals surface area contributed by atoms with Crippen molar-refractivity contribution in [3.63, 3.8) is 0 Å². The van der Waals surface area contributed by atoms with Gasteiger partial charge in [0.15, 0.2) is 0 Å². The average molecular weight is 254 g/mol. The monoisotopic (exact) mass is 254 g/mol. The van der Waals surface area contributed by atoms with Gasteiger partial charge in [0, 0.05) is 38.0 Å². The number of nitrogens with zero attached hydrogens (tertiary/aromatic N) is 4. The first-order chi connectivity index (χ1) is 9.33. The first kappa shape index (κ1) is 13.1. The molecular weight excluding hydrogens is 236 g/mol. The minimum atomic E-state index is 0.938. The van der Waals surface area contributed by atoms with E-state index < -0.39 is 0 Å². The lowest BCUT2D eigenvalue weighted by Crippen LogP contribution is -1.89. The van der Waals surface area contributed by atoms with Gasteiger partial charge in [-0.3, -0.25) is 0 Å². The van der Waals surface area contributed by atoms with Crippen molar-refractivity contribution in [3.05, 3.63) is 54.5 Å². The molecule has 4 nitrogen and oxygen atoms in total. The van der Waals surface area contributed by atoms with Crippen molar-refractivity contribution < 1.29 is 0 Å². The molecule has 0 unspecified atom stereocenters. The van der Waals surface area contributed by atoms with Crippen LogP contribution in [0.1, 0.15) is 25.2 Å². The molecule has 0 radical (unpaired) electrons. The van der Waals surface area contributed by atoms with Gasteiger partial charge in [0.1, 0.15) is 11.5 Å². The first-order valence-electron chi connectivity index (χ1n) is 6.41. The standard InChI is InChI=1S/C13H12N4.C2H6/c1-16-8-5-14-12(16)3-2-11-4-7-17-9-6-15-13(17)10-11;1-2/h2-10H,1H3;1-2H3/b3-2+;. The topological polar surface area (TPSA) is 35.1 Å². The molecular formula is C15H18N4. The molecule has 0 spiro atoms. The van der Waals surface area contributed by atoms with E-state index in [0.29, 0.717) is 0 Å². The Hall–Kier alpha value is -2.36. The predicted octanol–water partition coefficient (Wildman–Crippen LogP) is 3.26. The zero-order chi connectivity index (χ0) is 13.7. The molecule has 0 saturated carbocycles. The number of rotatable bonds is 2. The molecule has 0 amide bonds. The number of hydrogen-bond acceptors (Lipinski definition) is 2. The van der Waals surface area contributed by atoms with E-state index in [1.54, 1.807) is 12.4 Å². The number of fused-ring (bicyclic) bond motifs is 1. The van der Waals surface area contributed by atoms with Crippen LogP contribution < -0.4 is 0 Å². The molecule has 4 heteroatoms. The summed E-state index contributed by atoms with van der Waals surface area (Å²) in [6.07, 6.45) is 13.5. The van der Waals surface area contributed by atoms with Crippen molar-refractivity contribution >= 4 is 17.8 Å². The molecule has 0 atom stereocenters. The highest BCUT2D eigenvalue weighted by Crippen LogP contribution is 2.09. The summed E-state index contributed by atoms with van der Waals surface area (Å²) in [4.78, 5) is 8.49. The molecule has 19 heavy (non-hydrogen) atoms. The van der Waals surface area contributed by atoms with Crippen LogP contribution in [0, 0.1) is 0 Å². The summed E-state index contributed by atoms with van der Waals surface area (Å²) in [7, 11) is 1.98. The Morgan fingerprint density at radius 1 is 1.00 bits per heavy atom. The first-order valence-corrected chi connectivity index (χ1v) is 6.41. The highest BCUT2D eigenvalue weighted by molar-refractivity contribution is 5.68. The number of aryl methyl sites for hydroxylation is 1. The smallest absolute Gasteiger partial charge is 0.137 e. The van der Waals surface area contributed by atoms with E-state index >= 15 is 0 Å². The molecule has 0 saturated heterocycles. The summed E-state index contributed by atoms with van der Waals surface area (Å²) in [5.41, 5.74) is 2.07. The van der Waals surface area contributed by atoms with E-state index in [4.69, 9.17) is 0 Å². The number of aromatic nitrogens is 4. The zero-order valence-electron chi connectivity index (χ0n) is 11.5. The van der Waals surface area contributed by atoms with Crippen LogP contribution in [0.5, 0.6) is 0 Å². The summed E-state index contributed by atoms with van der Waals surface area (Å²) in [6.45, 7) is 4.00. The van der Waals surface area contributed by atoms with Gasteiger partial charge < -0.3 is 8.97 Å². The lowest BCUT2D eigenvalue weighted by Gasteiger charge is -1.97. The van der Waals surface area contributed by atoms with E-state index in [0.717, 1.165) is 17.0 Å². The van der Waals surface area contributed by atoms with Gasteiger partial charge in [-0.2, -0.15) is 0 Å². The van der Waals surface area contributed by atoms with E-state index in [2.05, 4.69) is 9.97 Å². The Morgan fingerprint density at radius 3 is 2.53 bits per heavy atom. The van der Waals surface area contributed by atoms with E-state index in [-0.39, 0.29) is 0 Å². The van der Waals surface area contributed by atoms with Crippen molar-refractivity contribution in [2.24, 2.45) is 7.05 Å². The second-order valence-electron chi connectivity index (χ2n) is 3.88. The summed E-state index contributed by atoms with van der Waals surface area (Å²) in [5, 5.41) is 0. The predicted molar refractivity (Wildman–Crippen MR) is 78.7 cm³/mol. The molecule has 0 bridgehead atoms. The van der Waals surface area contributed by atoms with Gasteiger partial charge in [0.2, 0.25) is 0 Å². The fourth-order valence-electron chi connectivity index (χ4n) is 1.74. The molecule has 3 aromatic rings. The van der Waals surface area contributed by atoms with Crippen molar-refractivity contribution in [1.82, 2.24) is 18.9 Å². The van der Waals surface area contributed by atoms with Crippen molar-refractivity contribution in [2.75, 3.05) is 0 Å². The van der Waals surface area contributed by atoms with Crippen molar-refractivity contribution in [1.29, 1.82) is 0 Å². The van der Waals surface area contributed by atoms with Crippen LogP contribution in [0.25, 0.3) is 17.8 Å². The molecule has 3 heterocycles. The molecule has 0 fully saturated rings. The normalized spacial score (nSPS) is 10.7. The van der Waals surface area contributed by atoms with Gasteiger partial charge >= 0.3 is 0 Å². The second kappa shape index (κ2) is 6.00. The molecule has 0 aromatic carbocycles. The third kappa shape index (κ3) is 2.91. The number of hydrogen-bond donors (Lipinski definition) is 0. The fraction of sp³-hybridized carbons (Fsp3) is 0.200. The van der Waals surface area contributed by atoms with Crippen LogP contribution in [0.4, 0.5) is 0 Å². The quantitative estimate of drug-likeness (QED) is 0.703. The molecule has 0 N–H and O–H groups in total. The molecule has 3 rings (SSSR count). The lowest BCUT2D eigenvalue weighted by molar-refractivity contribution is 0.898. The second-order valence-corrected chi connectivity index (χ2v) is 3.88. The summed E-state index contributed by atoms with van der Waals surface area (Å²) in [5.74, 6) is 0.938. The Kier molecular flexibility index (Phi) is 4.13. The third-order valence-corrected chi connectivity index (χ3v) is 2.71. The van der Waals surface area contributed by atoms with Crippen LogP contribution in [0.15, 0.2) is 43.1 Å². The molecule has 0 aliphatic heterocycles. The van der Waals surface area contributed by atoms with Crippen molar-refractivity contribution in [3.8, 4) is 0 Å². The Morgan fingerprint density at radius 2 is 1.79 bits per heavy atom. The van der Waals surface area contributed by atoms with Crippen LogP contribution in [0.2, 0.25) is 0 Å². The third-order valence-electron chi connectivity index (χ3n) is 2.71. The molecule has 0 aliphatic rings. The van der Waals surface area contributed by atoms with E-state index in [1.165, 1.54) is 0 Å². The lowest BCUT2D eigenvalue weighted by atomic mass is 10.2. The molecule has 3 aromatic heterocycles. The summed E-state index contributed by atoms with van der Waals surface area (Å²) >= 11 is 0. The Bertz CT molecular complexity index is 676. The van der Waals surface area contributed by atoms with Crippen molar-refractivity contribution in [2.45, 2.75) is 13.8 Å². The van der Waals surface area contributed by atoms with Gasteiger partial charge in [-0.05, 0) is 23.8 Å². The summed E-state index contributed by atoms with van der Waals surface area (Å²) in [6, 6.07) is 4.09. The van der Waals surface area contributed by atoms with Crippen LogP contribution in [0.3, 0.4) is 0 Å². The van der Waals surface area contributed by atoms with Gasteiger partial charge in [-0.15, -0.1) is 0 Å². The average Bonchev–Trinajstić information content (AvgIpc) is 3.07. The van der Waals surface area contributed by atoms with E-state index in [9.17, 15) is 0 Å². The molecule has 0 aliphatic carbocycles. The maximum absolute atomic E-state index is 4.25. The number of pyridine rings is 1. The van der Waals surface area contributed by atoms with Gasteiger partial charge in [-0.1, -0.05) is 19.9 Å². The van der Waals surface area contributed by atoms with Crippen LogP contribution in [-0.2, 0) is 7.05 Å². The largest absolute Gasteiger partial charge is 0.335 e. The SMILES string of the molecule is CC.Cn1ccnc1/C=C/c1ccn2ccnc2c1. The van der Waals surface area contributed by atoms with Gasteiger partial charge in [0.25, 0.3) is 0 Å². The summed E-state index contributed by atoms with van der Waals surface area (Å²) < 4.78 is 3.96. The highest BCUT2D eigenvalue weighted by atomic mass is 15.0. The Balaban J connectivity index is 0.000000637. The maximum atomic E-state index is 4.25. The minimum Gasteiger partial charge on any atom is -0.335 e. The Labute approximate surface area is 113 Å². The number of imidazole rings is 2. The van der Waals surface area contributed by atoms with E-state index in [1.807, 2.05) is 72.7 Å². The zero-order valence-corrected chi connectivity index (χ0v) is 11.5. The fourth-order valence-corrected chi connectivity index (χ4v) is 1.74. The van der Waals surface area contributed by atoms with Gasteiger partial charge in [-0.25, -0.2) is 9.97 Å². The minimum absolute atomic E-state index is 0.938.